The number of carbonyl (C=O) groups is 2. The molecule has 4 nitrogen and oxygen atoms in total. The Morgan fingerprint density at radius 2 is 1.91 bits per heavy atom. The van der Waals surface area contributed by atoms with Gasteiger partial charge in [0.1, 0.15) is 5.60 Å². The number of rotatable bonds is 4. The van der Waals surface area contributed by atoms with Crippen LogP contribution in [0.25, 0.3) is 0 Å². The van der Waals surface area contributed by atoms with Crippen molar-refractivity contribution in [3.05, 3.63) is 39.9 Å². The summed E-state index contributed by atoms with van der Waals surface area (Å²) in [6, 6.07) is 5.27. The van der Waals surface area contributed by atoms with E-state index in [1.807, 2.05) is 19.1 Å². The predicted molar refractivity (Wildman–Crippen MR) is 135 cm³/mol. The highest BCUT2D eigenvalue weighted by Crippen LogP contribution is 2.67. The zero-order chi connectivity index (χ0) is 24.5. The van der Waals surface area contributed by atoms with Crippen LogP contribution in [0.3, 0.4) is 0 Å². The lowest BCUT2D eigenvalue weighted by atomic mass is 9.45. The number of benzene rings is 1. The molecule has 2 N–H and O–H groups in total. The molecule has 4 aliphatic rings. The van der Waals surface area contributed by atoms with Crippen LogP contribution in [0.5, 0.6) is 0 Å². The molecule has 3 fully saturated rings. The first-order valence-corrected chi connectivity index (χ1v) is 14.0. The number of fused-ring (bicyclic) bond motifs is 5. The molecule has 0 aromatic heterocycles. The molecule has 1 aromatic rings. The van der Waals surface area contributed by atoms with Gasteiger partial charge >= 0.3 is 0 Å². The largest absolute Gasteiger partial charge is 0.393 e. The van der Waals surface area contributed by atoms with Crippen molar-refractivity contribution in [3.8, 4) is 0 Å². The summed E-state index contributed by atoms with van der Waals surface area (Å²) in [5.41, 5.74) is -1.10. The summed E-state index contributed by atoms with van der Waals surface area (Å²) in [4.78, 5) is 26.4. The van der Waals surface area contributed by atoms with Crippen molar-refractivity contribution in [2.24, 2.45) is 28.6 Å². The minimum atomic E-state index is -1.45. The summed E-state index contributed by atoms with van der Waals surface area (Å²) in [7, 11) is 0. The SMILES string of the molecule is CC12CCC(=O)C=C1CCC1C2C(O)CC2(C)C1CC[C@]2(O)C(=O)CSc1ccc(Cl)c(Cl)c1. The molecule has 5 rings (SSSR count). The van der Waals surface area contributed by atoms with Gasteiger partial charge in [0.2, 0.25) is 0 Å². The lowest BCUT2D eigenvalue weighted by molar-refractivity contribution is -0.178. The fourth-order valence-corrected chi connectivity index (χ4v) is 9.25. The van der Waals surface area contributed by atoms with Gasteiger partial charge in [-0.15, -0.1) is 11.8 Å². The van der Waals surface area contributed by atoms with Gasteiger partial charge in [-0.05, 0) is 86.0 Å². The van der Waals surface area contributed by atoms with Crippen molar-refractivity contribution in [1.29, 1.82) is 0 Å². The molecule has 7 atom stereocenters. The Morgan fingerprint density at radius 3 is 2.65 bits per heavy atom. The van der Waals surface area contributed by atoms with Crippen LogP contribution in [0.4, 0.5) is 0 Å². The van der Waals surface area contributed by atoms with Gasteiger partial charge in [-0.3, -0.25) is 9.59 Å². The first kappa shape index (κ1) is 24.8. The monoisotopic (exact) mass is 522 g/mol. The highest BCUT2D eigenvalue weighted by molar-refractivity contribution is 8.00. The fraction of sp³-hybridized carbons (Fsp3) is 0.630. The molecule has 0 amide bonds. The van der Waals surface area contributed by atoms with E-state index in [1.54, 1.807) is 12.1 Å². The lowest BCUT2D eigenvalue weighted by Gasteiger charge is -2.60. The van der Waals surface area contributed by atoms with Gasteiger partial charge in [0.25, 0.3) is 0 Å². The predicted octanol–water partition coefficient (Wildman–Crippen LogP) is 5.89. The summed E-state index contributed by atoms with van der Waals surface area (Å²) in [5.74, 6) is 0.663. The molecule has 1 aromatic carbocycles. The molecule has 6 unspecified atom stereocenters. The van der Waals surface area contributed by atoms with Crippen molar-refractivity contribution < 1.29 is 19.8 Å². The van der Waals surface area contributed by atoms with Crippen LogP contribution < -0.4 is 0 Å². The maximum atomic E-state index is 13.5. The van der Waals surface area contributed by atoms with Crippen LogP contribution in [0.1, 0.15) is 58.8 Å². The summed E-state index contributed by atoms with van der Waals surface area (Å²) in [6.07, 6.45) is 5.94. The van der Waals surface area contributed by atoms with Crippen molar-refractivity contribution in [2.45, 2.75) is 75.4 Å². The number of aliphatic hydroxyl groups is 2. The number of allylic oxidation sites excluding steroid dienone is 1. The number of thioether (sulfide) groups is 1. The molecule has 0 heterocycles. The van der Waals surface area contributed by atoms with Crippen LogP contribution in [0.2, 0.25) is 10.0 Å². The van der Waals surface area contributed by atoms with E-state index >= 15 is 0 Å². The van der Waals surface area contributed by atoms with Crippen LogP contribution in [0, 0.1) is 28.6 Å². The van der Waals surface area contributed by atoms with Crippen molar-refractivity contribution >= 4 is 46.5 Å². The topological polar surface area (TPSA) is 74.6 Å². The third kappa shape index (κ3) is 3.64. The van der Waals surface area contributed by atoms with Crippen LogP contribution in [-0.4, -0.2) is 39.2 Å². The van der Waals surface area contributed by atoms with Gasteiger partial charge in [-0.1, -0.05) is 42.6 Å². The molecule has 0 spiro atoms. The van der Waals surface area contributed by atoms with Crippen LogP contribution in [0.15, 0.2) is 34.7 Å². The van der Waals surface area contributed by atoms with Gasteiger partial charge in [0.15, 0.2) is 11.6 Å². The second-order valence-corrected chi connectivity index (χ2v) is 13.1. The van der Waals surface area contributed by atoms with Crippen molar-refractivity contribution in [3.63, 3.8) is 0 Å². The van der Waals surface area contributed by atoms with Gasteiger partial charge in [0.05, 0.1) is 21.9 Å². The number of aliphatic hydroxyl groups excluding tert-OH is 1. The number of carbonyl (C=O) groups excluding carboxylic acids is 2. The Balaban J connectivity index is 1.38. The van der Waals surface area contributed by atoms with Gasteiger partial charge in [0, 0.05) is 16.7 Å². The Morgan fingerprint density at radius 1 is 1.15 bits per heavy atom. The Labute approximate surface area is 215 Å². The number of hydrogen-bond donors (Lipinski definition) is 2. The van der Waals surface area contributed by atoms with E-state index in [2.05, 4.69) is 6.92 Å². The lowest BCUT2D eigenvalue weighted by Crippen LogP contribution is -2.61. The number of ketones is 2. The van der Waals surface area contributed by atoms with E-state index in [9.17, 15) is 19.8 Å². The van der Waals surface area contributed by atoms with Crippen molar-refractivity contribution in [2.75, 3.05) is 5.75 Å². The molecule has 4 aliphatic carbocycles. The molecule has 0 saturated heterocycles. The molecular formula is C27H32Cl2O4S. The first-order chi connectivity index (χ1) is 16.0. The summed E-state index contributed by atoms with van der Waals surface area (Å²) < 4.78 is 0. The highest BCUT2D eigenvalue weighted by atomic mass is 35.5. The first-order valence-electron chi connectivity index (χ1n) is 12.2. The molecular weight excluding hydrogens is 491 g/mol. The van der Waals surface area contributed by atoms with Crippen LogP contribution >= 0.6 is 35.0 Å². The normalized spacial score (nSPS) is 41.4. The van der Waals surface area contributed by atoms with E-state index in [1.165, 1.54) is 17.3 Å². The third-order valence-corrected chi connectivity index (χ3v) is 11.5. The average molecular weight is 524 g/mol. The van der Waals surface area contributed by atoms with E-state index in [4.69, 9.17) is 23.2 Å². The van der Waals surface area contributed by atoms with Crippen LogP contribution in [-0.2, 0) is 9.59 Å². The van der Waals surface area contributed by atoms with E-state index in [-0.39, 0.29) is 40.5 Å². The number of Topliss-reactive ketones (excluding diaryl/α,β-unsaturated/α-hetero) is 1. The van der Waals surface area contributed by atoms with Gasteiger partial charge in [-0.2, -0.15) is 0 Å². The smallest absolute Gasteiger partial charge is 0.175 e. The second kappa shape index (κ2) is 8.62. The summed E-state index contributed by atoms with van der Waals surface area (Å²) >= 11 is 13.5. The molecule has 34 heavy (non-hydrogen) atoms. The molecule has 0 aliphatic heterocycles. The summed E-state index contributed by atoms with van der Waals surface area (Å²) in [5, 5.41) is 24.3. The summed E-state index contributed by atoms with van der Waals surface area (Å²) in [6.45, 7) is 4.23. The fourth-order valence-electron chi connectivity index (χ4n) is 7.99. The second-order valence-electron chi connectivity index (χ2n) is 11.3. The number of hydrogen-bond acceptors (Lipinski definition) is 5. The average Bonchev–Trinajstić information content (AvgIpc) is 3.06. The van der Waals surface area contributed by atoms with Crippen molar-refractivity contribution in [1.82, 2.24) is 0 Å². The van der Waals surface area contributed by atoms with E-state index in [0.717, 1.165) is 30.6 Å². The minimum Gasteiger partial charge on any atom is -0.393 e. The standard InChI is InChI=1S/C27H32Cl2O4S/c1-25-9-7-16(30)11-15(25)3-5-18-19-8-10-27(33,26(19,2)13-22(31)24(18)25)23(32)14-34-17-4-6-20(28)21(29)12-17/h4,6,11-12,18-19,22,24,31,33H,3,5,7-10,13-14H2,1-2H3/t18?,19?,22?,24?,25?,26?,27-/m0/s1. The molecule has 0 bridgehead atoms. The molecule has 3 saturated carbocycles. The van der Waals surface area contributed by atoms with E-state index in [0.29, 0.717) is 29.3 Å². The van der Waals surface area contributed by atoms with Gasteiger partial charge in [-0.25, -0.2) is 0 Å². The quantitative estimate of drug-likeness (QED) is 0.482. The Kier molecular flexibility index (Phi) is 6.30. The maximum Gasteiger partial charge on any atom is 0.175 e. The Bertz CT molecular complexity index is 1070. The maximum absolute atomic E-state index is 13.5. The highest BCUT2D eigenvalue weighted by Gasteiger charge is 2.68. The zero-order valence-electron chi connectivity index (χ0n) is 19.7. The molecule has 7 heteroatoms. The number of halogens is 2. The molecule has 0 radical (unpaired) electrons. The third-order valence-electron chi connectivity index (χ3n) is 9.77. The minimum absolute atomic E-state index is 0.0710. The van der Waals surface area contributed by atoms with Gasteiger partial charge < -0.3 is 10.2 Å². The zero-order valence-corrected chi connectivity index (χ0v) is 22.0. The van der Waals surface area contributed by atoms with E-state index < -0.39 is 17.1 Å². The molecule has 184 valence electrons. The Hall–Kier alpha value is -0.850.